The van der Waals surface area contributed by atoms with Gasteiger partial charge in [-0.3, -0.25) is 0 Å². The zero-order chi connectivity index (χ0) is 13.8. The lowest BCUT2D eigenvalue weighted by Crippen LogP contribution is -2.48. The SMILES string of the molecule is CC(C)NCC(C)C(C)N(C)C(C)C(C)(C)C. The monoisotopic (exact) mass is 242 g/mol. The Labute approximate surface area is 109 Å². The number of nitrogens with zero attached hydrogens (tertiary/aromatic N) is 1. The van der Waals surface area contributed by atoms with Crippen LogP contribution in [0.2, 0.25) is 0 Å². The molecule has 0 saturated carbocycles. The largest absolute Gasteiger partial charge is 0.314 e. The van der Waals surface area contributed by atoms with Crippen LogP contribution in [0.25, 0.3) is 0 Å². The van der Waals surface area contributed by atoms with Gasteiger partial charge in [0.05, 0.1) is 0 Å². The fourth-order valence-electron chi connectivity index (χ4n) is 1.96. The fourth-order valence-corrected chi connectivity index (χ4v) is 1.96. The van der Waals surface area contributed by atoms with E-state index in [2.05, 4.69) is 72.7 Å². The Hall–Kier alpha value is -0.0800. The smallest absolute Gasteiger partial charge is 0.0115 e. The molecule has 0 aliphatic heterocycles. The Morgan fingerprint density at radius 1 is 1.00 bits per heavy atom. The van der Waals surface area contributed by atoms with Crippen LogP contribution in [0.5, 0.6) is 0 Å². The van der Waals surface area contributed by atoms with Crippen molar-refractivity contribution in [3.05, 3.63) is 0 Å². The fraction of sp³-hybridized carbons (Fsp3) is 1.00. The summed E-state index contributed by atoms with van der Waals surface area (Å²) in [4.78, 5) is 2.52. The number of nitrogens with one attached hydrogen (secondary N) is 1. The molecule has 17 heavy (non-hydrogen) atoms. The van der Waals surface area contributed by atoms with Gasteiger partial charge in [-0.25, -0.2) is 0 Å². The van der Waals surface area contributed by atoms with Crippen molar-refractivity contribution in [2.45, 2.75) is 73.5 Å². The van der Waals surface area contributed by atoms with Crippen molar-refractivity contribution in [2.75, 3.05) is 13.6 Å². The van der Waals surface area contributed by atoms with E-state index >= 15 is 0 Å². The van der Waals surface area contributed by atoms with Gasteiger partial charge in [-0.1, -0.05) is 41.5 Å². The average molecular weight is 242 g/mol. The molecule has 104 valence electrons. The first-order valence-corrected chi connectivity index (χ1v) is 7.02. The van der Waals surface area contributed by atoms with Crippen LogP contribution in [-0.4, -0.2) is 36.6 Å². The van der Waals surface area contributed by atoms with Gasteiger partial charge in [0.15, 0.2) is 0 Å². The minimum absolute atomic E-state index is 0.341. The van der Waals surface area contributed by atoms with Crippen LogP contribution >= 0.6 is 0 Å². The molecular formula is C15H34N2. The molecule has 0 aromatic carbocycles. The van der Waals surface area contributed by atoms with Crippen molar-refractivity contribution in [3.63, 3.8) is 0 Å². The van der Waals surface area contributed by atoms with Crippen LogP contribution in [0, 0.1) is 11.3 Å². The van der Waals surface area contributed by atoms with Crippen molar-refractivity contribution in [1.29, 1.82) is 0 Å². The normalized spacial score (nSPS) is 18.5. The molecule has 0 aromatic rings. The van der Waals surface area contributed by atoms with E-state index in [9.17, 15) is 0 Å². The second-order valence-corrected chi connectivity index (χ2v) is 6.99. The predicted octanol–water partition coefficient (Wildman–Crippen LogP) is 3.38. The predicted molar refractivity (Wildman–Crippen MR) is 78.4 cm³/mol. The molecule has 0 bridgehead atoms. The summed E-state index contributed by atoms with van der Waals surface area (Å²) < 4.78 is 0. The average Bonchev–Trinajstić information content (AvgIpc) is 2.21. The van der Waals surface area contributed by atoms with Crippen LogP contribution in [0.3, 0.4) is 0 Å². The summed E-state index contributed by atoms with van der Waals surface area (Å²) >= 11 is 0. The molecule has 0 fully saturated rings. The van der Waals surface area contributed by atoms with Crippen molar-refractivity contribution in [2.24, 2.45) is 11.3 Å². The minimum Gasteiger partial charge on any atom is -0.314 e. The standard InChI is InChI=1S/C15H34N2/c1-11(2)16-10-12(3)13(4)17(9)14(5)15(6,7)8/h11-14,16H,10H2,1-9H3. The quantitative estimate of drug-likeness (QED) is 0.768. The first-order valence-electron chi connectivity index (χ1n) is 7.02. The van der Waals surface area contributed by atoms with E-state index in [1.165, 1.54) is 0 Å². The number of hydrogen-bond donors (Lipinski definition) is 1. The maximum atomic E-state index is 3.53. The lowest BCUT2D eigenvalue weighted by Gasteiger charge is -2.41. The Kier molecular flexibility index (Phi) is 6.71. The Bertz CT molecular complexity index is 205. The third-order valence-corrected chi connectivity index (χ3v) is 4.18. The summed E-state index contributed by atoms with van der Waals surface area (Å²) in [5.41, 5.74) is 0.341. The highest BCUT2D eigenvalue weighted by Crippen LogP contribution is 2.26. The highest BCUT2D eigenvalue weighted by molar-refractivity contribution is 4.83. The highest BCUT2D eigenvalue weighted by Gasteiger charge is 2.28. The molecule has 3 atom stereocenters. The molecule has 0 amide bonds. The van der Waals surface area contributed by atoms with Crippen LogP contribution in [0.4, 0.5) is 0 Å². The molecule has 0 spiro atoms. The summed E-state index contributed by atoms with van der Waals surface area (Å²) in [6, 6.07) is 1.78. The zero-order valence-corrected chi connectivity index (χ0v) is 13.5. The van der Waals surface area contributed by atoms with Gasteiger partial charge in [-0.15, -0.1) is 0 Å². The van der Waals surface area contributed by atoms with E-state index < -0.39 is 0 Å². The molecule has 0 heterocycles. The summed E-state index contributed by atoms with van der Waals surface area (Å²) in [7, 11) is 2.26. The van der Waals surface area contributed by atoms with Gasteiger partial charge in [0.2, 0.25) is 0 Å². The summed E-state index contributed by atoms with van der Waals surface area (Å²) in [6.45, 7) is 19.5. The van der Waals surface area contributed by atoms with Crippen LogP contribution in [0.1, 0.15) is 55.4 Å². The molecule has 0 radical (unpaired) electrons. The summed E-state index contributed by atoms with van der Waals surface area (Å²) in [5, 5.41) is 3.53. The lowest BCUT2D eigenvalue weighted by atomic mass is 9.85. The van der Waals surface area contributed by atoms with E-state index in [4.69, 9.17) is 0 Å². The van der Waals surface area contributed by atoms with Crippen molar-refractivity contribution in [3.8, 4) is 0 Å². The van der Waals surface area contributed by atoms with Gasteiger partial charge in [0.25, 0.3) is 0 Å². The molecule has 0 aliphatic rings. The second kappa shape index (κ2) is 6.75. The van der Waals surface area contributed by atoms with Gasteiger partial charge >= 0.3 is 0 Å². The Morgan fingerprint density at radius 2 is 1.47 bits per heavy atom. The molecule has 0 aromatic heterocycles. The molecule has 2 nitrogen and oxygen atoms in total. The van der Waals surface area contributed by atoms with Crippen LogP contribution < -0.4 is 5.32 Å². The van der Waals surface area contributed by atoms with Gasteiger partial charge in [-0.05, 0) is 38.8 Å². The molecule has 0 rings (SSSR count). The lowest BCUT2D eigenvalue weighted by molar-refractivity contribution is 0.0791. The molecule has 0 saturated heterocycles. The molecular weight excluding hydrogens is 208 g/mol. The van der Waals surface area contributed by atoms with E-state index in [1.807, 2.05) is 0 Å². The van der Waals surface area contributed by atoms with Gasteiger partial charge in [0, 0.05) is 18.1 Å². The third-order valence-electron chi connectivity index (χ3n) is 4.18. The maximum absolute atomic E-state index is 3.53. The van der Waals surface area contributed by atoms with E-state index in [0.29, 0.717) is 29.5 Å². The van der Waals surface area contributed by atoms with Gasteiger partial charge < -0.3 is 10.2 Å². The first-order chi connectivity index (χ1) is 7.57. The Morgan fingerprint density at radius 3 is 1.82 bits per heavy atom. The van der Waals surface area contributed by atoms with Gasteiger partial charge in [-0.2, -0.15) is 0 Å². The van der Waals surface area contributed by atoms with Gasteiger partial charge in [0.1, 0.15) is 0 Å². The van der Waals surface area contributed by atoms with Crippen molar-refractivity contribution < 1.29 is 0 Å². The Balaban J connectivity index is 4.33. The summed E-state index contributed by atoms with van der Waals surface area (Å²) in [5.74, 6) is 0.673. The third kappa shape index (κ3) is 5.87. The van der Waals surface area contributed by atoms with Crippen molar-refractivity contribution in [1.82, 2.24) is 10.2 Å². The zero-order valence-electron chi connectivity index (χ0n) is 13.5. The van der Waals surface area contributed by atoms with E-state index in [-0.39, 0.29) is 0 Å². The number of hydrogen-bond acceptors (Lipinski definition) is 2. The van der Waals surface area contributed by atoms with Crippen molar-refractivity contribution >= 4 is 0 Å². The molecule has 3 unspecified atom stereocenters. The van der Waals surface area contributed by atoms with Crippen LogP contribution in [-0.2, 0) is 0 Å². The van der Waals surface area contributed by atoms with E-state index in [1.54, 1.807) is 0 Å². The topological polar surface area (TPSA) is 15.3 Å². The first kappa shape index (κ1) is 16.9. The maximum Gasteiger partial charge on any atom is 0.0115 e. The molecule has 0 aliphatic carbocycles. The molecule has 1 N–H and O–H groups in total. The molecule has 2 heteroatoms. The summed E-state index contributed by atoms with van der Waals surface area (Å²) in [6.07, 6.45) is 0. The minimum atomic E-state index is 0.341. The number of rotatable bonds is 6. The van der Waals surface area contributed by atoms with E-state index in [0.717, 1.165) is 6.54 Å². The van der Waals surface area contributed by atoms with Crippen LogP contribution in [0.15, 0.2) is 0 Å². The second-order valence-electron chi connectivity index (χ2n) is 6.99. The highest BCUT2D eigenvalue weighted by atomic mass is 15.2.